The number of rotatable bonds is 1. The molecule has 5 nitrogen and oxygen atoms in total. The van der Waals surface area contributed by atoms with Crippen molar-refractivity contribution < 1.29 is 13.9 Å². The van der Waals surface area contributed by atoms with E-state index in [9.17, 15) is 9.18 Å². The van der Waals surface area contributed by atoms with Crippen molar-refractivity contribution >= 4 is 28.7 Å². The lowest BCUT2D eigenvalue weighted by Crippen LogP contribution is -2.35. The van der Waals surface area contributed by atoms with Crippen molar-refractivity contribution in [3.63, 3.8) is 0 Å². The van der Waals surface area contributed by atoms with Crippen LogP contribution in [0.2, 0.25) is 0 Å². The summed E-state index contributed by atoms with van der Waals surface area (Å²) in [4.78, 5) is 13.6. The normalized spacial score (nSPS) is 24.7. The van der Waals surface area contributed by atoms with Gasteiger partial charge in [-0.1, -0.05) is 0 Å². The number of aromatic nitrogens is 2. The average molecular weight is 421 g/mol. The zero-order chi connectivity index (χ0) is 16.1. The highest BCUT2D eigenvalue weighted by Gasteiger charge is 2.40. The van der Waals surface area contributed by atoms with Gasteiger partial charge in [-0.2, -0.15) is 5.10 Å². The van der Waals surface area contributed by atoms with Gasteiger partial charge in [0.25, 0.3) is 0 Å². The molecule has 1 saturated heterocycles. The number of hydrogen-bond acceptors (Lipinski definition) is 3. The lowest BCUT2D eigenvalue weighted by Gasteiger charge is -2.24. The summed E-state index contributed by atoms with van der Waals surface area (Å²) in [6, 6.07) is -0.400. The van der Waals surface area contributed by atoms with Crippen LogP contribution in [0.5, 0.6) is 0 Å². The smallest absolute Gasteiger partial charge is 0.410 e. The molecule has 1 fully saturated rings. The van der Waals surface area contributed by atoms with Gasteiger partial charge in [0.15, 0.2) is 0 Å². The van der Waals surface area contributed by atoms with Crippen LogP contribution in [0.3, 0.4) is 0 Å². The zero-order valence-electron chi connectivity index (χ0n) is 13.1. The maximum atomic E-state index is 14.5. The topological polar surface area (TPSA) is 47.4 Å². The van der Waals surface area contributed by atoms with Crippen LogP contribution in [0.15, 0.2) is 0 Å². The fraction of sp³-hybridized carbons (Fsp3) is 0.733. The van der Waals surface area contributed by atoms with Crippen LogP contribution in [-0.4, -0.2) is 45.6 Å². The van der Waals surface area contributed by atoms with Crippen molar-refractivity contribution in [2.45, 2.75) is 57.8 Å². The number of amides is 1. The minimum Gasteiger partial charge on any atom is -0.444 e. The number of fused-ring (bicyclic) bond motifs is 1. The number of ether oxygens (including phenoxy) is 1. The molecule has 0 unspecified atom stereocenters. The fourth-order valence-corrected chi connectivity index (χ4v) is 3.96. The van der Waals surface area contributed by atoms with E-state index in [-0.39, 0.29) is 6.54 Å². The van der Waals surface area contributed by atoms with E-state index < -0.39 is 23.9 Å². The Hall–Kier alpha value is -0.860. The standard InChI is InChI=1S/C15H21FIN3O2/c1-15(2,3)22-14(21)19-7-10(16)12(8-19)20-11-6-4-5-9(11)13(17)18-20/h10,12H,4-8H2,1-3H3/t10-,12+/m0/s1. The molecule has 1 aliphatic heterocycles. The van der Waals surface area contributed by atoms with Crippen molar-refractivity contribution in [1.29, 1.82) is 0 Å². The van der Waals surface area contributed by atoms with Gasteiger partial charge in [-0.3, -0.25) is 4.68 Å². The van der Waals surface area contributed by atoms with Crippen LogP contribution < -0.4 is 0 Å². The number of likely N-dealkylation sites (tertiary alicyclic amines) is 1. The van der Waals surface area contributed by atoms with Crippen molar-refractivity contribution in [2.75, 3.05) is 13.1 Å². The summed E-state index contributed by atoms with van der Waals surface area (Å²) in [6.07, 6.45) is 1.51. The van der Waals surface area contributed by atoms with Gasteiger partial charge >= 0.3 is 6.09 Å². The Balaban J connectivity index is 1.77. The van der Waals surface area contributed by atoms with Gasteiger partial charge in [-0.15, -0.1) is 0 Å². The molecule has 22 heavy (non-hydrogen) atoms. The molecule has 3 rings (SSSR count). The molecule has 0 radical (unpaired) electrons. The van der Waals surface area contributed by atoms with Gasteiger partial charge < -0.3 is 9.64 Å². The summed E-state index contributed by atoms with van der Waals surface area (Å²) in [7, 11) is 0. The van der Waals surface area contributed by atoms with Gasteiger partial charge in [0.2, 0.25) is 0 Å². The first kappa shape index (κ1) is 16.0. The molecule has 1 aromatic heterocycles. The highest BCUT2D eigenvalue weighted by molar-refractivity contribution is 14.1. The van der Waals surface area contributed by atoms with Crippen molar-refractivity contribution in [3.05, 3.63) is 15.0 Å². The Bertz CT molecular complexity index is 596. The zero-order valence-corrected chi connectivity index (χ0v) is 15.3. The van der Waals surface area contributed by atoms with Gasteiger partial charge in [-0.05, 0) is 62.6 Å². The molecular formula is C15H21FIN3O2. The predicted molar refractivity (Wildman–Crippen MR) is 88.7 cm³/mol. The lowest BCUT2D eigenvalue weighted by molar-refractivity contribution is 0.0281. The van der Waals surface area contributed by atoms with E-state index in [0.29, 0.717) is 6.54 Å². The maximum absolute atomic E-state index is 14.5. The number of hydrogen-bond donors (Lipinski definition) is 0. The van der Waals surface area contributed by atoms with E-state index in [1.54, 1.807) is 0 Å². The summed E-state index contributed by atoms with van der Waals surface area (Å²) in [5.41, 5.74) is 1.83. The molecule has 7 heteroatoms. The molecular weight excluding hydrogens is 400 g/mol. The fourth-order valence-electron chi connectivity index (χ4n) is 3.15. The Morgan fingerprint density at radius 1 is 1.36 bits per heavy atom. The first-order chi connectivity index (χ1) is 10.3. The number of halogens is 2. The average Bonchev–Trinajstić information content (AvgIpc) is 3.05. The van der Waals surface area contributed by atoms with E-state index in [1.807, 2.05) is 25.5 Å². The van der Waals surface area contributed by atoms with Crippen LogP contribution in [-0.2, 0) is 17.6 Å². The minimum absolute atomic E-state index is 0.0742. The molecule has 0 aromatic carbocycles. The van der Waals surface area contributed by atoms with E-state index in [0.717, 1.165) is 28.7 Å². The van der Waals surface area contributed by atoms with E-state index in [2.05, 4.69) is 27.7 Å². The van der Waals surface area contributed by atoms with Gasteiger partial charge in [0.05, 0.1) is 6.54 Å². The van der Waals surface area contributed by atoms with E-state index in [1.165, 1.54) is 10.5 Å². The molecule has 1 aliphatic carbocycles. The molecule has 0 N–H and O–H groups in total. The van der Waals surface area contributed by atoms with Crippen LogP contribution in [0, 0.1) is 3.70 Å². The van der Waals surface area contributed by atoms with Crippen LogP contribution in [0.4, 0.5) is 9.18 Å². The summed E-state index contributed by atoms with van der Waals surface area (Å²) in [6.45, 7) is 5.83. The Morgan fingerprint density at radius 3 is 2.77 bits per heavy atom. The molecule has 1 amide bonds. The Morgan fingerprint density at radius 2 is 2.09 bits per heavy atom. The SMILES string of the molecule is CC(C)(C)OC(=O)N1C[C@@H](n2nc(I)c3c2CCC3)[C@@H](F)C1. The van der Waals surface area contributed by atoms with Gasteiger partial charge in [0.1, 0.15) is 21.5 Å². The number of alkyl halides is 1. The maximum Gasteiger partial charge on any atom is 0.410 e. The van der Waals surface area contributed by atoms with Gasteiger partial charge in [-0.25, -0.2) is 9.18 Å². The molecule has 2 heterocycles. The second-order valence-electron chi connectivity index (χ2n) is 6.98. The molecule has 1 aromatic rings. The molecule has 0 bridgehead atoms. The first-order valence-electron chi connectivity index (χ1n) is 7.64. The number of carbonyl (C=O) groups is 1. The van der Waals surface area contributed by atoms with Crippen molar-refractivity contribution in [3.8, 4) is 0 Å². The molecule has 0 spiro atoms. The summed E-state index contributed by atoms with van der Waals surface area (Å²) in [5, 5.41) is 4.52. The van der Waals surface area contributed by atoms with Crippen molar-refractivity contribution in [1.82, 2.24) is 14.7 Å². The first-order valence-corrected chi connectivity index (χ1v) is 8.72. The lowest BCUT2D eigenvalue weighted by atomic mass is 10.2. The van der Waals surface area contributed by atoms with Crippen LogP contribution in [0.1, 0.15) is 44.5 Å². The minimum atomic E-state index is -1.10. The summed E-state index contributed by atoms with van der Waals surface area (Å²) < 4.78 is 22.6. The van der Waals surface area contributed by atoms with Crippen LogP contribution in [0.25, 0.3) is 0 Å². The summed E-state index contributed by atoms with van der Waals surface area (Å²) >= 11 is 2.22. The molecule has 2 atom stereocenters. The second-order valence-corrected chi connectivity index (χ2v) is 8.00. The summed E-state index contributed by atoms with van der Waals surface area (Å²) in [5.74, 6) is 0. The predicted octanol–water partition coefficient (Wildman–Crippen LogP) is 3.11. The van der Waals surface area contributed by atoms with Gasteiger partial charge in [0, 0.05) is 17.8 Å². The Kier molecular flexibility index (Phi) is 4.11. The molecule has 2 aliphatic rings. The third kappa shape index (κ3) is 2.96. The third-order valence-corrected chi connectivity index (χ3v) is 4.96. The van der Waals surface area contributed by atoms with Crippen molar-refractivity contribution in [2.24, 2.45) is 0 Å². The molecule has 0 saturated carbocycles. The quantitative estimate of drug-likeness (QED) is 0.655. The third-order valence-electron chi connectivity index (χ3n) is 4.10. The number of nitrogens with zero attached hydrogens (tertiary/aromatic N) is 3. The Labute approximate surface area is 143 Å². The van der Waals surface area contributed by atoms with E-state index in [4.69, 9.17) is 4.74 Å². The van der Waals surface area contributed by atoms with Crippen LogP contribution >= 0.6 is 22.6 Å². The highest BCUT2D eigenvalue weighted by atomic mass is 127. The highest BCUT2D eigenvalue weighted by Crippen LogP contribution is 2.33. The second kappa shape index (κ2) is 5.65. The largest absolute Gasteiger partial charge is 0.444 e. The number of carbonyl (C=O) groups excluding carboxylic acids is 1. The monoisotopic (exact) mass is 421 g/mol. The molecule has 122 valence electrons. The van der Waals surface area contributed by atoms with E-state index >= 15 is 0 Å².